The zero-order valence-electron chi connectivity index (χ0n) is 15.2. The third kappa shape index (κ3) is 2.89. The van der Waals surface area contributed by atoms with Crippen LogP contribution in [-0.4, -0.2) is 35.6 Å². The Morgan fingerprint density at radius 3 is 2.96 bits per heavy atom. The van der Waals surface area contributed by atoms with E-state index in [2.05, 4.69) is 4.90 Å². The lowest BCUT2D eigenvalue weighted by Gasteiger charge is -2.32. The van der Waals surface area contributed by atoms with Crippen LogP contribution in [0.5, 0.6) is 0 Å². The molecule has 6 nitrogen and oxygen atoms in total. The summed E-state index contributed by atoms with van der Waals surface area (Å²) in [4.78, 5) is 23.8. The van der Waals surface area contributed by atoms with Gasteiger partial charge in [0.1, 0.15) is 16.9 Å². The van der Waals surface area contributed by atoms with Crippen molar-refractivity contribution in [2.75, 3.05) is 24.6 Å². The van der Waals surface area contributed by atoms with Crippen molar-refractivity contribution in [1.29, 1.82) is 0 Å². The normalized spacial score (nSPS) is 17.8. The van der Waals surface area contributed by atoms with Crippen molar-refractivity contribution >= 4 is 33.9 Å². The van der Waals surface area contributed by atoms with E-state index in [0.717, 1.165) is 53.9 Å². The number of carbonyl (C=O) groups excluding carboxylic acids is 1. The van der Waals surface area contributed by atoms with E-state index in [1.807, 2.05) is 38.1 Å². The average Bonchev–Trinajstić information content (AvgIpc) is 3.06. The van der Waals surface area contributed by atoms with Crippen molar-refractivity contribution in [2.45, 2.75) is 33.1 Å². The molecule has 26 heavy (non-hydrogen) atoms. The maximum Gasteiger partial charge on any atom is 0.310 e. The molecule has 1 aliphatic rings. The van der Waals surface area contributed by atoms with E-state index in [1.54, 1.807) is 0 Å². The fourth-order valence-electron chi connectivity index (χ4n) is 3.62. The van der Waals surface area contributed by atoms with Crippen LogP contribution in [0.4, 0.5) is 5.82 Å². The molecule has 1 fully saturated rings. The van der Waals surface area contributed by atoms with Gasteiger partial charge in [0, 0.05) is 24.9 Å². The highest BCUT2D eigenvalue weighted by Crippen LogP contribution is 2.34. The Kier molecular flexibility index (Phi) is 4.49. The van der Waals surface area contributed by atoms with Crippen molar-refractivity contribution in [3.63, 3.8) is 0 Å². The minimum atomic E-state index is -0.122. The highest BCUT2D eigenvalue weighted by atomic mass is 16.5. The first-order valence-electron chi connectivity index (χ1n) is 9.31. The molecule has 0 saturated carbocycles. The number of furan rings is 1. The zero-order chi connectivity index (χ0) is 18.1. The number of ether oxygens (including phenoxy) is 1. The summed E-state index contributed by atoms with van der Waals surface area (Å²) in [5.74, 6) is 1.33. The van der Waals surface area contributed by atoms with Crippen LogP contribution in [0.1, 0.15) is 32.5 Å². The van der Waals surface area contributed by atoms with Gasteiger partial charge < -0.3 is 14.1 Å². The summed E-state index contributed by atoms with van der Waals surface area (Å²) in [5, 5.41) is 1.000. The molecule has 2 aromatic heterocycles. The summed E-state index contributed by atoms with van der Waals surface area (Å²) in [5.41, 5.74) is 2.36. The van der Waals surface area contributed by atoms with E-state index in [9.17, 15) is 4.79 Å². The number of aromatic nitrogens is 2. The number of para-hydroxylation sites is 1. The quantitative estimate of drug-likeness (QED) is 0.666. The number of aryl methyl sites for hydroxylation is 1. The maximum atomic E-state index is 12.2. The molecule has 6 heteroatoms. The Labute approximate surface area is 152 Å². The Hall–Kier alpha value is -2.63. The Bertz CT molecular complexity index is 950. The molecule has 1 aromatic carbocycles. The smallest absolute Gasteiger partial charge is 0.310 e. The number of hydrogen-bond acceptors (Lipinski definition) is 6. The summed E-state index contributed by atoms with van der Waals surface area (Å²) in [6, 6.07) is 7.91. The van der Waals surface area contributed by atoms with Gasteiger partial charge in [-0.25, -0.2) is 9.97 Å². The molecule has 0 unspecified atom stereocenters. The summed E-state index contributed by atoms with van der Waals surface area (Å²) in [6.45, 7) is 5.75. The van der Waals surface area contributed by atoms with Crippen molar-refractivity contribution in [1.82, 2.24) is 9.97 Å². The van der Waals surface area contributed by atoms with Gasteiger partial charge >= 0.3 is 5.97 Å². The fraction of sp³-hybridized carbons (Fsp3) is 0.450. The van der Waals surface area contributed by atoms with E-state index < -0.39 is 0 Å². The van der Waals surface area contributed by atoms with E-state index >= 15 is 0 Å². The van der Waals surface area contributed by atoms with Crippen LogP contribution in [0.25, 0.3) is 22.1 Å². The van der Waals surface area contributed by atoms with Crippen LogP contribution in [0.15, 0.2) is 28.7 Å². The minimum Gasteiger partial charge on any atom is -0.466 e. The van der Waals surface area contributed by atoms with Gasteiger partial charge in [0.2, 0.25) is 0 Å². The molecule has 0 spiro atoms. The minimum absolute atomic E-state index is 0.122. The molecular weight excluding hydrogens is 330 g/mol. The Morgan fingerprint density at radius 2 is 2.15 bits per heavy atom. The number of carbonyl (C=O) groups is 1. The average molecular weight is 353 g/mol. The van der Waals surface area contributed by atoms with E-state index in [-0.39, 0.29) is 11.9 Å². The van der Waals surface area contributed by atoms with Gasteiger partial charge in [-0.05, 0) is 31.9 Å². The first-order chi connectivity index (χ1) is 12.7. The van der Waals surface area contributed by atoms with Crippen LogP contribution in [0.3, 0.4) is 0 Å². The molecule has 136 valence electrons. The number of nitrogens with zero attached hydrogens (tertiary/aromatic N) is 3. The summed E-state index contributed by atoms with van der Waals surface area (Å²) in [7, 11) is 0. The molecule has 0 N–H and O–H groups in total. The lowest BCUT2D eigenvalue weighted by molar-refractivity contribution is -0.148. The van der Waals surface area contributed by atoms with Gasteiger partial charge in [-0.3, -0.25) is 4.79 Å². The second kappa shape index (κ2) is 6.94. The molecule has 1 atom stereocenters. The number of anilines is 1. The molecule has 0 amide bonds. The molecule has 3 heterocycles. The van der Waals surface area contributed by atoms with Gasteiger partial charge in [0.15, 0.2) is 11.4 Å². The fourth-order valence-corrected chi connectivity index (χ4v) is 3.62. The Balaban J connectivity index is 1.78. The molecule has 3 aromatic rings. The lowest BCUT2D eigenvalue weighted by Crippen LogP contribution is -2.40. The molecule has 1 aliphatic heterocycles. The summed E-state index contributed by atoms with van der Waals surface area (Å²) in [6.07, 6.45) is 2.53. The molecular formula is C20H23N3O3. The SMILES string of the molecule is CCOC(=O)[C@H]1CCCN(c2nc(CC)nc3c2oc2ccccc23)C1. The Morgan fingerprint density at radius 1 is 1.31 bits per heavy atom. The van der Waals surface area contributed by atoms with E-state index in [1.165, 1.54) is 0 Å². The maximum absolute atomic E-state index is 12.2. The monoisotopic (exact) mass is 353 g/mol. The van der Waals surface area contributed by atoms with Crippen molar-refractivity contribution in [3.05, 3.63) is 30.1 Å². The number of benzene rings is 1. The number of piperidine rings is 1. The molecule has 0 radical (unpaired) electrons. The second-order valence-electron chi connectivity index (χ2n) is 6.63. The van der Waals surface area contributed by atoms with Crippen LogP contribution in [0.2, 0.25) is 0 Å². The van der Waals surface area contributed by atoms with Crippen LogP contribution in [-0.2, 0) is 16.0 Å². The molecule has 0 bridgehead atoms. The molecule has 4 rings (SSSR count). The molecule has 0 aliphatic carbocycles. The topological polar surface area (TPSA) is 68.5 Å². The highest BCUT2D eigenvalue weighted by molar-refractivity contribution is 6.05. The highest BCUT2D eigenvalue weighted by Gasteiger charge is 2.30. The lowest BCUT2D eigenvalue weighted by atomic mass is 9.98. The summed E-state index contributed by atoms with van der Waals surface area (Å²) >= 11 is 0. The van der Waals surface area contributed by atoms with Gasteiger partial charge in [0.05, 0.1) is 12.5 Å². The number of fused-ring (bicyclic) bond motifs is 3. The van der Waals surface area contributed by atoms with Crippen LogP contribution >= 0.6 is 0 Å². The number of esters is 1. The van der Waals surface area contributed by atoms with Gasteiger partial charge in [0.25, 0.3) is 0 Å². The van der Waals surface area contributed by atoms with Crippen molar-refractivity contribution < 1.29 is 13.9 Å². The predicted molar refractivity (Wildman–Crippen MR) is 100 cm³/mol. The van der Waals surface area contributed by atoms with Crippen LogP contribution in [0, 0.1) is 5.92 Å². The third-order valence-electron chi connectivity index (χ3n) is 4.91. The number of rotatable bonds is 4. The van der Waals surface area contributed by atoms with E-state index in [0.29, 0.717) is 18.7 Å². The predicted octanol–water partition coefficient (Wildman–Crippen LogP) is 3.72. The largest absolute Gasteiger partial charge is 0.466 e. The first-order valence-corrected chi connectivity index (χ1v) is 9.31. The third-order valence-corrected chi connectivity index (χ3v) is 4.91. The van der Waals surface area contributed by atoms with Gasteiger partial charge in [-0.1, -0.05) is 19.1 Å². The molecule has 1 saturated heterocycles. The zero-order valence-corrected chi connectivity index (χ0v) is 15.2. The van der Waals surface area contributed by atoms with Gasteiger partial charge in [-0.2, -0.15) is 0 Å². The first kappa shape index (κ1) is 16.8. The van der Waals surface area contributed by atoms with Gasteiger partial charge in [-0.15, -0.1) is 0 Å². The van der Waals surface area contributed by atoms with Crippen LogP contribution < -0.4 is 4.90 Å². The van der Waals surface area contributed by atoms with Crippen molar-refractivity contribution in [2.24, 2.45) is 5.92 Å². The summed E-state index contributed by atoms with van der Waals surface area (Å²) < 4.78 is 11.3. The standard InChI is InChI=1S/C20H23N3O3/c1-3-16-21-17-14-9-5-6-10-15(14)26-18(17)19(22-16)23-11-7-8-13(12-23)20(24)25-4-2/h5-6,9-10,13H,3-4,7-8,11-12H2,1-2H3/t13-/m0/s1. The van der Waals surface area contributed by atoms with Crippen molar-refractivity contribution in [3.8, 4) is 0 Å². The number of hydrogen-bond donors (Lipinski definition) is 0. The second-order valence-corrected chi connectivity index (χ2v) is 6.63. The van der Waals surface area contributed by atoms with E-state index in [4.69, 9.17) is 19.1 Å².